The summed E-state index contributed by atoms with van der Waals surface area (Å²) in [7, 11) is 2.12. The van der Waals surface area contributed by atoms with Crippen molar-refractivity contribution in [3.05, 3.63) is 30.1 Å². The van der Waals surface area contributed by atoms with E-state index in [-0.39, 0.29) is 5.82 Å². The number of hydrogen-bond acceptors (Lipinski definition) is 3. The van der Waals surface area contributed by atoms with Crippen LogP contribution in [-0.4, -0.2) is 43.7 Å². The first-order valence-electron chi connectivity index (χ1n) is 6.04. The van der Waals surface area contributed by atoms with Crippen molar-refractivity contribution in [2.75, 3.05) is 31.6 Å². The topological polar surface area (TPSA) is 32.5 Å². The van der Waals surface area contributed by atoms with Gasteiger partial charge in [-0.1, -0.05) is 0 Å². The van der Waals surface area contributed by atoms with E-state index in [1.54, 1.807) is 0 Å². The van der Waals surface area contributed by atoms with Crippen molar-refractivity contribution in [1.29, 1.82) is 0 Å². The normalized spacial score (nSPS) is 26.2. The van der Waals surface area contributed by atoms with Crippen LogP contribution in [0.5, 0.6) is 0 Å². The summed E-state index contributed by atoms with van der Waals surface area (Å²) in [6.45, 7) is 4.71. The number of hydrogen-bond donors (Lipinski definition) is 1. The van der Waals surface area contributed by atoms with Crippen LogP contribution in [0.4, 0.5) is 10.1 Å². The zero-order valence-corrected chi connectivity index (χ0v) is 10.4. The molecule has 4 heteroatoms. The molecule has 2 unspecified atom stereocenters. The van der Waals surface area contributed by atoms with Crippen LogP contribution in [0.1, 0.15) is 6.92 Å². The third-order valence-electron chi connectivity index (χ3n) is 3.65. The number of nitrogens with two attached hydrogens (primary N) is 1. The SMILES string of the molecule is CC1CN(c2ccc(F)cc2)CC(CN)N1C. The van der Waals surface area contributed by atoms with E-state index in [4.69, 9.17) is 5.73 Å². The maximum Gasteiger partial charge on any atom is 0.123 e. The molecule has 0 radical (unpaired) electrons. The minimum absolute atomic E-state index is 0.189. The lowest BCUT2D eigenvalue weighted by atomic mass is 10.1. The highest BCUT2D eigenvalue weighted by Crippen LogP contribution is 2.21. The Balaban J connectivity index is 2.14. The summed E-state index contributed by atoms with van der Waals surface area (Å²) in [4.78, 5) is 4.60. The van der Waals surface area contributed by atoms with Gasteiger partial charge in [-0.25, -0.2) is 4.39 Å². The van der Waals surface area contributed by atoms with Crippen LogP contribution >= 0.6 is 0 Å². The number of rotatable bonds is 2. The lowest BCUT2D eigenvalue weighted by Crippen LogP contribution is -2.58. The van der Waals surface area contributed by atoms with Crippen molar-refractivity contribution < 1.29 is 4.39 Å². The summed E-state index contributed by atoms with van der Waals surface area (Å²) in [6.07, 6.45) is 0. The van der Waals surface area contributed by atoms with Crippen molar-refractivity contribution in [3.63, 3.8) is 0 Å². The molecule has 2 atom stereocenters. The zero-order valence-electron chi connectivity index (χ0n) is 10.4. The van der Waals surface area contributed by atoms with E-state index in [2.05, 4.69) is 23.8 Å². The minimum Gasteiger partial charge on any atom is -0.368 e. The van der Waals surface area contributed by atoms with Gasteiger partial charge in [-0.15, -0.1) is 0 Å². The standard InChI is InChI=1S/C13H20FN3/c1-10-8-17(9-13(7-15)16(10)2)12-5-3-11(14)4-6-12/h3-6,10,13H,7-9,15H2,1-2H3. The smallest absolute Gasteiger partial charge is 0.123 e. The second-order valence-electron chi connectivity index (χ2n) is 4.79. The van der Waals surface area contributed by atoms with Gasteiger partial charge in [0.2, 0.25) is 0 Å². The molecule has 0 aromatic heterocycles. The summed E-state index contributed by atoms with van der Waals surface area (Å²) < 4.78 is 12.9. The summed E-state index contributed by atoms with van der Waals surface area (Å²) in [5.41, 5.74) is 6.87. The van der Waals surface area contributed by atoms with Crippen LogP contribution in [0.3, 0.4) is 0 Å². The first-order valence-corrected chi connectivity index (χ1v) is 6.04. The quantitative estimate of drug-likeness (QED) is 0.841. The van der Waals surface area contributed by atoms with Gasteiger partial charge < -0.3 is 10.6 Å². The Labute approximate surface area is 102 Å². The third kappa shape index (κ3) is 2.58. The Morgan fingerprint density at radius 2 is 1.94 bits per heavy atom. The van der Waals surface area contributed by atoms with Crippen molar-refractivity contribution in [1.82, 2.24) is 4.90 Å². The molecule has 0 amide bonds. The molecule has 0 bridgehead atoms. The molecule has 2 rings (SSSR count). The minimum atomic E-state index is -0.189. The summed E-state index contributed by atoms with van der Waals surface area (Å²) in [5.74, 6) is -0.189. The van der Waals surface area contributed by atoms with Gasteiger partial charge in [0.1, 0.15) is 5.82 Å². The molecule has 0 aliphatic carbocycles. The molecule has 1 fully saturated rings. The van der Waals surface area contributed by atoms with E-state index in [9.17, 15) is 4.39 Å². The van der Waals surface area contributed by atoms with E-state index in [0.717, 1.165) is 18.8 Å². The Morgan fingerprint density at radius 3 is 2.53 bits per heavy atom. The monoisotopic (exact) mass is 237 g/mol. The van der Waals surface area contributed by atoms with Crippen molar-refractivity contribution in [2.24, 2.45) is 5.73 Å². The van der Waals surface area contributed by atoms with Gasteiger partial charge in [-0.3, -0.25) is 4.90 Å². The predicted molar refractivity (Wildman–Crippen MR) is 68.7 cm³/mol. The lowest BCUT2D eigenvalue weighted by molar-refractivity contribution is 0.162. The van der Waals surface area contributed by atoms with Gasteiger partial charge >= 0.3 is 0 Å². The molecular formula is C13H20FN3. The number of halogens is 1. The molecular weight excluding hydrogens is 217 g/mol. The predicted octanol–water partition coefficient (Wildman–Crippen LogP) is 1.29. The van der Waals surface area contributed by atoms with Gasteiger partial charge in [-0.2, -0.15) is 0 Å². The molecule has 2 N–H and O–H groups in total. The number of piperazine rings is 1. The number of likely N-dealkylation sites (N-methyl/N-ethyl adjacent to an activating group) is 1. The van der Waals surface area contributed by atoms with E-state index in [1.807, 2.05) is 12.1 Å². The van der Waals surface area contributed by atoms with E-state index < -0.39 is 0 Å². The Bertz CT molecular complexity index is 365. The van der Waals surface area contributed by atoms with Crippen LogP contribution in [0, 0.1) is 5.82 Å². The maximum absolute atomic E-state index is 12.9. The first kappa shape index (κ1) is 12.3. The number of benzene rings is 1. The average Bonchev–Trinajstić information content (AvgIpc) is 2.33. The highest BCUT2D eigenvalue weighted by molar-refractivity contribution is 5.47. The van der Waals surface area contributed by atoms with Gasteiger partial charge in [0.15, 0.2) is 0 Å². The van der Waals surface area contributed by atoms with Crippen LogP contribution in [0.2, 0.25) is 0 Å². The Kier molecular flexibility index (Phi) is 3.64. The molecule has 94 valence electrons. The second kappa shape index (κ2) is 5.02. The fraction of sp³-hybridized carbons (Fsp3) is 0.538. The van der Waals surface area contributed by atoms with Crippen molar-refractivity contribution in [2.45, 2.75) is 19.0 Å². The molecule has 1 aromatic rings. The summed E-state index contributed by atoms with van der Waals surface area (Å²) in [6, 6.07) is 7.51. The van der Waals surface area contributed by atoms with Crippen LogP contribution < -0.4 is 10.6 Å². The van der Waals surface area contributed by atoms with Crippen molar-refractivity contribution >= 4 is 5.69 Å². The first-order chi connectivity index (χ1) is 8.11. The van der Waals surface area contributed by atoms with Gasteiger partial charge in [-0.05, 0) is 38.2 Å². The fourth-order valence-electron chi connectivity index (χ4n) is 2.37. The maximum atomic E-state index is 12.9. The molecule has 0 spiro atoms. The van der Waals surface area contributed by atoms with Gasteiger partial charge in [0.25, 0.3) is 0 Å². The molecule has 17 heavy (non-hydrogen) atoms. The Morgan fingerprint density at radius 1 is 1.29 bits per heavy atom. The molecule has 1 saturated heterocycles. The second-order valence-corrected chi connectivity index (χ2v) is 4.79. The average molecular weight is 237 g/mol. The molecule has 3 nitrogen and oxygen atoms in total. The number of anilines is 1. The van der Waals surface area contributed by atoms with Crippen molar-refractivity contribution in [3.8, 4) is 0 Å². The van der Waals surface area contributed by atoms with E-state index in [0.29, 0.717) is 18.6 Å². The van der Waals surface area contributed by atoms with Crippen LogP contribution in [0.25, 0.3) is 0 Å². The molecule has 1 heterocycles. The van der Waals surface area contributed by atoms with E-state index in [1.165, 1.54) is 12.1 Å². The molecule has 0 saturated carbocycles. The third-order valence-corrected chi connectivity index (χ3v) is 3.65. The highest BCUT2D eigenvalue weighted by atomic mass is 19.1. The lowest BCUT2D eigenvalue weighted by Gasteiger charge is -2.44. The van der Waals surface area contributed by atoms with Crippen LogP contribution in [-0.2, 0) is 0 Å². The Hall–Kier alpha value is -1.13. The highest BCUT2D eigenvalue weighted by Gasteiger charge is 2.28. The summed E-state index contributed by atoms with van der Waals surface area (Å²) in [5, 5.41) is 0. The zero-order chi connectivity index (χ0) is 12.4. The fourth-order valence-corrected chi connectivity index (χ4v) is 2.37. The number of nitrogens with zero attached hydrogens (tertiary/aromatic N) is 2. The van der Waals surface area contributed by atoms with Crippen LogP contribution in [0.15, 0.2) is 24.3 Å². The molecule has 1 aliphatic rings. The van der Waals surface area contributed by atoms with Gasteiger partial charge in [0, 0.05) is 37.4 Å². The summed E-state index contributed by atoms with van der Waals surface area (Å²) >= 11 is 0. The largest absolute Gasteiger partial charge is 0.368 e. The van der Waals surface area contributed by atoms with E-state index >= 15 is 0 Å². The molecule has 1 aromatic carbocycles. The molecule has 1 aliphatic heterocycles. The van der Waals surface area contributed by atoms with Gasteiger partial charge in [0.05, 0.1) is 0 Å².